The number of rotatable bonds is 1. The lowest BCUT2D eigenvalue weighted by atomic mass is 10.1. The Bertz CT molecular complexity index is 400. The number of aliphatic hydroxyl groups excluding tert-OH is 1. The summed E-state index contributed by atoms with van der Waals surface area (Å²) >= 11 is 0. The Kier molecular flexibility index (Phi) is 2.96. The summed E-state index contributed by atoms with van der Waals surface area (Å²) in [5.41, 5.74) is 1.43. The van der Waals surface area contributed by atoms with Crippen LogP contribution in [0.15, 0.2) is 6.07 Å². The summed E-state index contributed by atoms with van der Waals surface area (Å²) in [6, 6.07) is 1.78. The van der Waals surface area contributed by atoms with E-state index in [0.717, 1.165) is 25.1 Å². The predicted molar refractivity (Wildman–Crippen MR) is 59.1 cm³/mol. The predicted octanol–water partition coefficient (Wildman–Crippen LogP) is 0.325. The largest absolute Gasteiger partial charge is 0.391 e. The molecule has 0 bridgehead atoms. The van der Waals surface area contributed by atoms with Crippen molar-refractivity contribution in [3.63, 3.8) is 0 Å². The van der Waals surface area contributed by atoms with Gasteiger partial charge in [0.05, 0.1) is 11.8 Å². The van der Waals surface area contributed by atoms with Gasteiger partial charge >= 0.3 is 0 Å². The molecule has 1 saturated heterocycles. The third-order valence-electron chi connectivity index (χ3n) is 2.90. The van der Waals surface area contributed by atoms with Crippen molar-refractivity contribution in [1.29, 1.82) is 0 Å². The van der Waals surface area contributed by atoms with Crippen LogP contribution in [0.3, 0.4) is 0 Å². The van der Waals surface area contributed by atoms with E-state index in [4.69, 9.17) is 0 Å². The number of hydrogen-bond acceptors (Lipinski definition) is 3. The lowest BCUT2D eigenvalue weighted by molar-refractivity contribution is 0.0465. The van der Waals surface area contributed by atoms with Crippen molar-refractivity contribution in [3.8, 4) is 0 Å². The first kappa shape index (κ1) is 11.1. The fourth-order valence-corrected chi connectivity index (χ4v) is 2.11. The Morgan fingerprint density at radius 2 is 2.38 bits per heavy atom. The average Bonchev–Trinajstić information content (AvgIpc) is 2.57. The number of aryl methyl sites for hydroxylation is 2. The van der Waals surface area contributed by atoms with Crippen LogP contribution >= 0.6 is 0 Å². The molecular formula is C11H17N3O2. The maximum atomic E-state index is 12.1. The number of nitrogens with zero attached hydrogens (tertiary/aromatic N) is 3. The summed E-state index contributed by atoms with van der Waals surface area (Å²) in [6.07, 6.45) is 1.27. The molecule has 1 aliphatic heterocycles. The minimum absolute atomic E-state index is 0.0400. The van der Waals surface area contributed by atoms with Crippen LogP contribution in [0.2, 0.25) is 0 Å². The number of aromatic nitrogens is 2. The average molecular weight is 223 g/mol. The van der Waals surface area contributed by atoms with E-state index in [-0.39, 0.29) is 12.0 Å². The van der Waals surface area contributed by atoms with Crippen molar-refractivity contribution >= 4 is 5.91 Å². The molecule has 1 amide bonds. The first-order valence-electron chi connectivity index (χ1n) is 5.56. The van der Waals surface area contributed by atoms with Crippen LogP contribution in [0.5, 0.6) is 0 Å². The van der Waals surface area contributed by atoms with Crippen LogP contribution in [0.1, 0.15) is 29.0 Å². The Balaban J connectivity index is 2.15. The zero-order chi connectivity index (χ0) is 11.7. The van der Waals surface area contributed by atoms with Gasteiger partial charge in [0.2, 0.25) is 0 Å². The van der Waals surface area contributed by atoms with E-state index >= 15 is 0 Å². The number of likely N-dealkylation sites (tertiary alicyclic amines) is 1. The van der Waals surface area contributed by atoms with E-state index in [2.05, 4.69) is 5.10 Å². The summed E-state index contributed by atoms with van der Waals surface area (Å²) in [7, 11) is 1.76. The standard InChI is InChI=1S/C11H17N3O2/c1-8-6-10(13(2)12-8)11(16)14-5-3-4-9(15)7-14/h6,9,15H,3-5,7H2,1-2H3. The summed E-state index contributed by atoms with van der Waals surface area (Å²) < 4.78 is 1.60. The van der Waals surface area contributed by atoms with Gasteiger partial charge in [-0.05, 0) is 25.8 Å². The molecule has 1 unspecified atom stereocenters. The maximum absolute atomic E-state index is 12.1. The van der Waals surface area contributed by atoms with Gasteiger partial charge in [-0.2, -0.15) is 5.10 Å². The van der Waals surface area contributed by atoms with E-state index in [1.165, 1.54) is 0 Å². The van der Waals surface area contributed by atoms with Crippen molar-refractivity contribution in [1.82, 2.24) is 14.7 Å². The maximum Gasteiger partial charge on any atom is 0.272 e. The number of piperidine rings is 1. The highest BCUT2D eigenvalue weighted by molar-refractivity contribution is 5.92. The Morgan fingerprint density at radius 1 is 1.62 bits per heavy atom. The highest BCUT2D eigenvalue weighted by Gasteiger charge is 2.24. The van der Waals surface area contributed by atoms with Gasteiger partial charge in [0, 0.05) is 20.1 Å². The third-order valence-corrected chi connectivity index (χ3v) is 2.90. The molecular weight excluding hydrogens is 206 g/mol. The Hall–Kier alpha value is -1.36. The highest BCUT2D eigenvalue weighted by atomic mass is 16.3. The second kappa shape index (κ2) is 4.25. The van der Waals surface area contributed by atoms with E-state index < -0.39 is 0 Å². The van der Waals surface area contributed by atoms with Gasteiger partial charge in [-0.3, -0.25) is 9.48 Å². The Morgan fingerprint density at radius 3 is 2.94 bits per heavy atom. The SMILES string of the molecule is Cc1cc(C(=O)N2CCCC(O)C2)n(C)n1. The normalized spacial score (nSPS) is 21.2. The quantitative estimate of drug-likeness (QED) is 0.746. The third kappa shape index (κ3) is 2.09. The van der Waals surface area contributed by atoms with Gasteiger partial charge in [-0.25, -0.2) is 0 Å². The lowest BCUT2D eigenvalue weighted by Crippen LogP contribution is -2.42. The first-order chi connectivity index (χ1) is 7.58. The molecule has 1 aromatic heterocycles. The molecule has 88 valence electrons. The first-order valence-corrected chi connectivity index (χ1v) is 5.56. The molecule has 0 aliphatic carbocycles. The van der Waals surface area contributed by atoms with E-state index in [1.807, 2.05) is 6.92 Å². The number of carbonyl (C=O) groups is 1. The fourth-order valence-electron chi connectivity index (χ4n) is 2.11. The van der Waals surface area contributed by atoms with E-state index in [1.54, 1.807) is 22.7 Å². The van der Waals surface area contributed by atoms with Crippen molar-refractivity contribution in [2.45, 2.75) is 25.9 Å². The smallest absolute Gasteiger partial charge is 0.272 e. The molecule has 16 heavy (non-hydrogen) atoms. The van der Waals surface area contributed by atoms with Crippen molar-refractivity contribution < 1.29 is 9.90 Å². The molecule has 0 aromatic carbocycles. The second-order valence-electron chi connectivity index (χ2n) is 4.34. The minimum Gasteiger partial charge on any atom is -0.391 e. The van der Waals surface area contributed by atoms with Gasteiger partial charge in [0.25, 0.3) is 5.91 Å². The van der Waals surface area contributed by atoms with Crippen LogP contribution in [0.25, 0.3) is 0 Å². The van der Waals surface area contributed by atoms with Crippen molar-refractivity contribution in [2.75, 3.05) is 13.1 Å². The van der Waals surface area contributed by atoms with Crippen LogP contribution in [0, 0.1) is 6.92 Å². The molecule has 1 fully saturated rings. The van der Waals surface area contributed by atoms with Gasteiger partial charge < -0.3 is 10.0 Å². The van der Waals surface area contributed by atoms with Gasteiger partial charge in [-0.15, -0.1) is 0 Å². The van der Waals surface area contributed by atoms with Crippen molar-refractivity contribution in [3.05, 3.63) is 17.5 Å². The Labute approximate surface area is 94.7 Å². The van der Waals surface area contributed by atoms with Crippen LogP contribution in [-0.2, 0) is 7.05 Å². The van der Waals surface area contributed by atoms with Crippen LogP contribution in [0.4, 0.5) is 0 Å². The topological polar surface area (TPSA) is 58.4 Å². The fraction of sp³-hybridized carbons (Fsp3) is 0.636. The van der Waals surface area contributed by atoms with Crippen LogP contribution in [-0.4, -0.2) is 44.9 Å². The molecule has 2 rings (SSSR count). The zero-order valence-corrected chi connectivity index (χ0v) is 9.68. The monoisotopic (exact) mass is 223 g/mol. The molecule has 0 radical (unpaired) electrons. The second-order valence-corrected chi connectivity index (χ2v) is 4.34. The molecule has 5 heteroatoms. The number of aliphatic hydroxyl groups is 1. The number of amides is 1. The number of β-amino-alcohol motifs (C(OH)–C–C–N with tert-alkyl or cyclic N) is 1. The van der Waals surface area contributed by atoms with Gasteiger partial charge in [0.1, 0.15) is 5.69 Å². The van der Waals surface area contributed by atoms with Gasteiger partial charge in [0.15, 0.2) is 0 Å². The molecule has 1 atom stereocenters. The summed E-state index contributed by atoms with van der Waals surface area (Å²) in [6.45, 7) is 3.02. The van der Waals surface area contributed by atoms with Crippen LogP contribution < -0.4 is 0 Å². The summed E-state index contributed by atoms with van der Waals surface area (Å²) in [4.78, 5) is 13.8. The molecule has 2 heterocycles. The van der Waals surface area contributed by atoms with Crippen molar-refractivity contribution in [2.24, 2.45) is 7.05 Å². The van der Waals surface area contributed by atoms with E-state index in [0.29, 0.717) is 12.2 Å². The summed E-state index contributed by atoms with van der Waals surface area (Å²) in [5.74, 6) is -0.0400. The molecule has 1 aromatic rings. The molecule has 1 N–H and O–H groups in total. The molecule has 5 nitrogen and oxygen atoms in total. The number of hydrogen-bond donors (Lipinski definition) is 1. The van der Waals surface area contributed by atoms with Gasteiger partial charge in [-0.1, -0.05) is 0 Å². The molecule has 0 saturated carbocycles. The zero-order valence-electron chi connectivity index (χ0n) is 9.68. The minimum atomic E-state index is -0.382. The molecule has 0 spiro atoms. The molecule has 1 aliphatic rings. The highest BCUT2D eigenvalue weighted by Crippen LogP contribution is 2.14. The number of carbonyl (C=O) groups excluding carboxylic acids is 1. The lowest BCUT2D eigenvalue weighted by Gasteiger charge is -2.29. The summed E-state index contributed by atoms with van der Waals surface area (Å²) in [5, 5.41) is 13.7. The van der Waals surface area contributed by atoms with E-state index in [9.17, 15) is 9.90 Å².